The Bertz CT molecular complexity index is 614. The number of aromatic nitrogens is 2. The van der Waals surface area contributed by atoms with E-state index in [9.17, 15) is 0 Å². The molecule has 0 aliphatic heterocycles. The summed E-state index contributed by atoms with van der Waals surface area (Å²) in [5, 5.41) is 3.44. The quantitative estimate of drug-likeness (QED) is 0.859. The van der Waals surface area contributed by atoms with Gasteiger partial charge >= 0.3 is 0 Å². The van der Waals surface area contributed by atoms with Crippen LogP contribution in [0, 0.1) is 20.8 Å². The summed E-state index contributed by atoms with van der Waals surface area (Å²) in [5.74, 6) is 1.79. The van der Waals surface area contributed by atoms with E-state index in [0.29, 0.717) is 0 Å². The Kier molecular flexibility index (Phi) is 5.36. The molecule has 0 unspecified atom stereocenters. The summed E-state index contributed by atoms with van der Waals surface area (Å²) in [6, 6.07) is 6.38. The first-order valence-electron chi connectivity index (χ1n) is 7.89. The lowest BCUT2D eigenvalue weighted by molar-refractivity contribution is 0.758. The van der Waals surface area contributed by atoms with E-state index in [2.05, 4.69) is 67.1 Å². The third kappa shape index (κ3) is 3.97. The van der Waals surface area contributed by atoms with Gasteiger partial charge in [0.2, 0.25) is 0 Å². The number of nitrogens with one attached hydrogen (secondary N) is 1. The van der Waals surface area contributed by atoms with E-state index in [4.69, 9.17) is 0 Å². The van der Waals surface area contributed by atoms with Crippen molar-refractivity contribution in [3.05, 3.63) is 41.2 Å². The maximum atomic E-state index is 4.37. The van der Waals surface area contributed by atoms with Crippen LogP contribution in [0.25, 0.3) is 0 Å². The van der Waals surface area contributed by atoms with Gasteiger partial charge in [-0.15, -0.1) is 0 Å². The number of unbranched alkanes of at least 4 members (excludes halogenated alkanes) is 1. The van der Waals surface area contributed by atoms with E-state index in [-0.39, 0.29) is 0 Å². The van der Waals surface area contributed by atoms with Crippen molar-refractivity contribution < 1.29 is 0 Å². The van der Waals surface area contributed by atoms with Gasteiger partial charge in [-0.3, -0.25) is 0 Å². The summed E-state index contributed by atoms with van der Waals surface area (Å²) in [7, 11) is 2.07. The lowest BCUT2D eigenvalue weighted by Gasteiger charge is -2.19. The van der Waals surface area contributed by atoms with Crippen molar-refractivity contribution in [2.75, 3.05) is 23.8 Å². The summed E-state index contributed by atoms with van der Waals surface area (Å²) >= 11 is 0. The van der Waals surface area contributed by atoms with Crippen molar-refractivity contribution in [3.8, 4) is 0 Å². The van der Waals surface area contributed by atoms with Crippen molar-refractivity contribution >= 4 is 17.3 Å². The average Bonchev–Trinajstić information content (AvgIpc) is 2.48. The number of aryl methyl sites for hydroxylation is 3. The molecule has 0 fully saturated rings. The molecule has 0 atom stereocenters. The summed E-state index contributed by atoms with van der Waals surface area (Å²) in [6.45, 7) is 9.57. The lowest BCUT2D eigenvalue weighted by Crippen LogP contribution is -2.19. The van der Waals surface area contributed by atoms with Gasteiger partial charge in [0.25, 0.3) is 0 Å². The minimum atomic E-state index is 0.836. The first-order valence-corrected chi connectivity index (χ1v) is 7.89. The number of anilines is 3. The number of hydrogen-bond acceptors (Lipinski definition) is 4. The fourth-order valence-corrected chi connectivity index (χ4v) is 2.64. The Morgan fingerprint density at radius 1 is 1.05 bits per heavy atom. The fourth-order valence-electron chi connectivity index (χ4n) is 2.64. The zero-order valence-electron chi connectivity index (χ0n) is 14.3. The Hall–Kier alpha value is -2.10. The van der Waals surface area contributed by atoms with Crippen molar-refractivity contribution in [3.63, 3.8) is 0 Å². The Balaban J connectivity index is 2.21. The summed E-state index contributed by atoms with van der Waals surface area (Å²) < 4.78 is 0. The highest BCUT2D eigenvalue weighted by Gasteiger charge is 2.08. The Morgan fingerprint density at radius 3 is 2.36 bits per heavy atom. The number of rotatable bonds is 6. The zero-order chi connectivity index (χ0) is 16.1. The molecule has 1 N–H and O–H groups in total. The van der Waals surface area contributed by atoms with Gasteiger partial charge < -0.3 is 10.2 Å². The van der Waals surface area contributed by atoms with Crippen LogP contribution in [0.3, 0.4) is 0 Å². The molecule has 2 aromatic rings. The van der Waals surface area contributed by atoms with Gasteiger partial charge in [0.05, 0.1) is 0 Å². The fraction of sp³-hybridized carbons (Fsp3) is 0.444. The molecule has 4 heteroatoms. The van der Waals surface area contributed by atoms with Crippen molar-refractivity contribution in [1.82, 2.24) is 9.97 Å². The minimum absolute atomic E-state index is 0.836. The molecule has 1 aromatic heterocycles. The summed E-state index contributed by atoms with van der Waals surface area (Å²) in [6.07, 6.45) is 3.97. The molecule has 22 heavy (non-hydrogen) atoms. The second-order valence-corrected chi connectivity index (χ2v) is 5.94. The molecule has 0 bridgehead atoms. The highest BCUT2D eigenvalue weighted by molar-refractivity contribution is 5.66. The van der Waals surface area contributed by atoms with Crippen LogP contribution >= 0.6 is 0 Å². The standard InChI is InChI=1S/C18H26N4/c1-6-7-8-22(5)17-11-16(19-12-20-17)21-18-14(3)9-13(2)10-15(18)4/h9-12H,6-8H2,1-5H3,(H,19,20,21). The van der Waals surface area contributed by atoms with Crippen molar-refractivity contribution in [2.24, 2.45) is 0 Å². The van der Waals surface area contributed by atoms with Crippen LogP contribution in [0.2, 0.25) is 0 Å². The van der Waals surface area contributed by atoms with Crippen LogP contribution in [0.15, 0.2) is 24.5 Å². The molecule has 0 spiro atoms. The molecule has 0 radical (unpaired) electrons. The Labute approximate surface area is 133 Å². The van der Waals surface area contributed by atoms with E-state index in [1.54, 1.807) is 6.33 Å². The molecule has 4 nitrogen and oxygen atoms in total. The SMILES string of the molecule is CCCCN(C)c1cc(Nc2c(C)cc(C)cc2C)ncn1. The Morgan fingerprint density at radius 2 is 1.73 bits per heavy atom. The molecule has 1 aromatic carbocycles. The molecule has 0 amide bonds. The smallest absolute Gasteiger partial charge is 0.135 e. The van der Waals surface area contributed by atoms with Crippen LogP contribution in [0.4, 0.5) is 17.3 Å². The van der Waals surface area contributed by atoms with E-state index in [1.165, 1.54) is 29.5 Å². The molecule has 0 aliphatic rings. The van der Waals surface area contributed by atoms with Gasteiger partial charge in [-0.1, -0.05) is 31.0 Å². The summed E-state index contributed by atoms with van der Waals surface area (Å²) in [5.41, 5.74) is 4.88. The molecule has 0 saturated heterocycles. The molecule has 118 valence electrons. The van der Waals surface area contributed by atoms with E-state index < -0.39 is 0 Å². The number of benzene rings is 1. The van der Waals surface area contributed by atoms with Crippen LogP contribution in [-0.2, 0) is 0 Å². The van der Waals surface area contributed by atoms with Crippen LogP contribution in [-0.4, -0.2) is 23.6 Å². The molecular weight excluding hydrogens is 272 g/mol. The van der Waals surface area contributed by atoms with Gasteiger partial charge in [-0.2, -0.15) is 0 Å². The molecule has 0 saturated carbocycles. The second-order valence-electron chi connectivity index (χ2n) is 5.94. The van der Waals surface area contributed by atoms with Crippen LogP contribution in [0.1, 0.15) is 36.5 Å². The predicted octanol–water partition coefficient (Wildman–Crippen LogP) is 4.38. The third-order valence-electron chi connectivity index (χ3n) is 3.82. The topological polar surface area (TPSA) is 41.0 Å². The van der Waals surface area contributed by atoms with Crippen molar-refractivity contribution in [1.29, 1.82) is 0 Å². The molecule has 1 heterocycles. The van der Waals surface area contributed by atoms with Gasteiger partial charge in [-0.25, -0.2) is 9.97 Å². The average molecular weight is 298 g/mol. The minimum Gasteiger partial charge on any atom is -0.360 e. The first kappa shape index (κ1) is 16.3. The van der Waals surface area contributed by atoms with Gasteiger partial charge in [0.1, 0.15) is 18.0 Å². The maximum absolute atomic E-state index is 4.37. The van der Waals surface area contributed by atoms with Crippen molar-refractivity contribution in [2.45, 2.75) is 40.5 Å². The lowest BCUT2D eigenvalue weighted by atomic mass is 10.1. The van der Waals surface area contributed by atoms with Gasteiger partial charge in [0.15, 0.2) is 0 Å². The monoisotopic (exact) mass is 298 g/mol. The first-order chi connectivity index (χ1) is 10.5. The number of nitrogens with zero attached hydrogens (tertiary/aromatic N) is 3. The molecule has 0 aliphatic carbocycles. The van der Waals surface area contributed by atoms with E-state index in [1.807, 2.05) is 6.07 Å². The predicted molar refractivity (Wildman–Crippen MR) is 94.1 cm³/mol. The largest absolute Gasteiger partial charge is 0.360 e. The van der Waals surface area contributed by atoms with Crippen LogP contribution < -0.4 is 10.2 Å². The molecule has 2 rings (SSSR count). The zero-order valence-corrected chi connectivity index (χ0v) is 14.3. The van der Waals surface area contributed by atoms with E-state index >= 15 is 0 Å². The highest BCUT2D eigenvalue weighted by atomic mass is 15.2. The number of hydrogen-bond donors (Lipinski definition) is 1. The highest BCUT2D eigenvalue weighted by Crippen LogP contribution is 2.26. The maximum Gasteiger partial charge on any atom is 0.135 e. The normalized spacial score (nSPS) is 10.6. The summed E-state index contributed by atoms with van der Waals surface area (Å²) in [4.78, 5) is 10.9. The van der Waals surface area contributed by atoms with Gasteiger partial charge in [0, 0.05) is 25.3 Å². The van der Waals surface area contributed by atoms with Gasteiger partial charge in [-0.05, 0) is 38.3 Å². The molecular formula is C18H26N4. The van der Waals surface area contributed by atoms with Crippen LogP contribution in [0.5, 0.6) is 0 Å². The second kappa shape index (κ2) is 7.25. The van der Waals surface area contributed by atoms with E-state index in [0.717, 1.165) is 23.9 Å². The third-order valence-corrected chi connectivity index (χ3v) is 3.82.